The highest BCUT2D eigenvalue weighted by Gasteiger charge is 1.93. The molecule has 0 aliphatic carbocycles. The van der Waals surface area contributed by atoms with E-state index in [9.17, 15) is 9.18 Å². The Morgan fingerprint density at radius 2 is 2.40 bits per heavy atom. The van der Waals surface area contributed by atoms with Crippen molar-refractivity contribution in [3.63, 3.8) is 0 Å². The van der Waals surface area contributed by atoms with E-state index in [1.165, 1.54) is 17.8 Å². The molecule has 15 heavy (non-hydrogen) atoms. The predicted octanol–water partition coefficient (Wildman–Crippen LogP) is 2.90. The molecule has 0 spiro atoms. The van der Waals surface area contributed by atoms with Gasteiger partial charge in [0.25, 0.3) is 0 Å². The second-order valence-electron chi connectivity index (χ2n) is 2.92. The van der Waals surface area contributed by atoms with Crippen molar-refractivity contribution in [2.45, 2.75) is 13.3 Å². The predicted molar refractivity (Wildman–Crippen MR) is 61.0 cm³/mol. The van der Waals surface area contributed by atoms with Gasteiger partial charge in [0.15, 0.2) is 5.12 Å². The van der Waals surface area contributed by atoms with Crippen LogP contribution in [-0.2, 0) is 4.79 Å². The molecular formula is C11H12FNOS. The summed E-state index contributed by atoms with van der Waals surface area (Å²) in [4.78, 5) is 14.3. The number of hydrogen-bond acceptors (Lipinski definition) is 3. The number of pyridine rings is 1. The zero-order chi connectivity index (χ0) is 11.1. The van der Waals surface area contributed by atoms with Crippen molar-refractivity contribution >= 4 is 23.0 Å². The maximum absolute atomic E-state index is 12.7. The van der Waals surface area contributed by atoms with Gasteiger partial charge in [0.2, 0.25) is 5.95 Å². The van der Waals surface area contributed by atoms with Crippen molar-refractivity contribution in [3.8, 4) is 0 Å². The molecule has 1 aromatic rings. The lowest BCUT2D eigenvalue weighted by molar-refractivity contribution is -0.109. The zero-order valence-corrected chi connectivity index (χ0v) is 9.26. The quantitative estimate of drug-likeness (QED) is 0.583. The lowest BCUT2D eigenvalue weighted by atomic mass is 10.3. The Kier molecular flexibility index (Phi) is 5.04. The smallest absolute Gasteiger partial charge is 0.213 e. The molecule has 80 valence electrons. The fraction of sp³-hybridized carbons (Fsp3) is 0.273. The molecule has 0 saturated heterocycles. The van der Waals surface area contributed by atoms with Crippen LogP contribution in [0.15, 0.2) is 24.3 Å². The van der Waals surface area contributed by atoms with Crippen LogP contribution in [0.4, 0.5) is 4.39 Å². The third-order valence-corrected chi connectivity index (χ3v) is 2.46. The largest absolute Gasteiger partial charge is 0.288 e. The third-order valence-electron chi connectivity index (χ3n) is 1.62. The fourth-order valence-electron chi connectivity index (χ4n) is 0.992. The van der Waals surface area contributed by atoms with Gasteiger partial charge in [-0.2, -0.15) is 4.39 Å². The average Bonchev–Trinajstić information content (AvgIpc) is 2.17. The summed E-state index contributed by atoms with van der Waals surface area (Å²) in [7, 11) is 0. The minimum Gasteiger partial charge on any atom is -0.288 e. The number of carbonyl (C=O) groups is 1. The summed E-state index contributed by atoms with van der Waals surface area (Å²) in [6.45, 7) is 1.54. The van der Waals surface area contributed by atoms with E-state index in [2.05, 4.69) is 4.98 Å². The van der Waals surface area contributed by atoms with Crippen molar-refractivity contribution < 1.29 is 9.18 Å². The van der Waals surface area contributed by atoms with Crippen molar-refractivity contribution in [3.05, 3.63) is 35.9 Å². The third kappa shape index (κ3) is 5.32. The average molecular weight is 225 g/mol. The van der Waals surface area contributed by atoms with Gasteiger partial charge in [0.1, 0.15) is 0 Å². The second-order valence-corrected chi connectivity index (χ2v) is 4.19. The first-order valence-corrected chi connectivity index (χ1v) is 5.59. The van der Waals surface area contributed by atoms with Crippen LogP contribution in [0.2, 0.25) is 0 Å². The topological polar surface area (TPSA) is 30.0 Å². The van der Waals surface area contributed by atoms with Gasteiger partial charge in [-0.25, -0.2) is 4.98 Å². The summed E-state index contributed by atoms with van der Waals surface area (Å²) in [5.41, 5.74) is 0.600. The molecular weight excluding hydrogens is 213 g/mol. The lowest BCUT2D eigenvalue weighted by Crippen LogP contribution is -1.86. The Morgan fingerprint density at radius 1 is 1.60 bits per heavy atom. The molecule has 4 heteroatoms. The van der Waals surface area contributed by atoms with E-state index in [1.54, 1.807) is 25.1 Å². The maximum Gasteiger partial charge on any atom is 0.213 e. The van der Waals surface area contributed by atoms with Gasteiger partial charge < -0.3 is 0 Å². The lowest BCUT2D eigenvalue weighted by Gasteiger charge is -1.93. The molecule has 0 radical (unpaired) electrons. The van der Waals surface area contributed by atoms with Gasteiger partial charge >= 0.3 is 0 Å². The summed E-state index contributed by atoms with van der Waals surface area (Å²) in [6, 6.07) is 4.66. The maximum atomic E-state index is 12.7. The van der Waals surface area contributed by atoms with Crippen molar-refractivity contribution in [2.24, 2.45) is 0 Å². The first kappa shape index (κ1) is 11.9. The minimum absolute atomic E-state index is 0.118. The number of rotatable bonds is 4. The van der Waals surface area contributed by atoms with Crippen LogP contribution in [0.25, 0.3) is 6.08 Å². The molecule has 0 atom stereocenters. The van der Waals surface area contributed by atoms with Gasteiger partial charge in [-0.05, 0) is 24.6 Å². The summed E-state index contributed by atoms with van der Waals surface area (Å²) in [5, 5.41) is 0.118. The van der Waals surface area contributed by atoms with Gasteiger partial charge in [-0.1, -0.05) is 23.9 Å². The molecule has 0 N–H and O–H groups in total. The van der Waals surface area contributed by atoms with Crippen molar-refractivity contribution in [1.82, 2.24) is 4.98 Å². The van der Waals surface area contributed by atoms with Crippen LogP contribution in [0, 0.1) is 5.95 Å². The van der Waals surface area contributed by atoms with E-state index < -0.39 is 5.95 Å². The molecule has 0 fully saturated rings. The van der Waals surface area contributed by atoms with E-state index in [0.29, 0.717) is 5.69 Å². The second kappa shape index (κ2) is 6.35. The molecule has 1 heterocycles. The molecule has 0 aromatic carbocycles. The van der Waals surface area contributed by atoms with Crippen LogP contribution in [0.1, 0.15) is 19.0 Å². The van der Waals surface area contributed by atoms with Crippen LogP contribution in [0.3, 0.4) is 0 Å². The van der Waals surface area contributed by atoms with E-state index in [1.807, 2.05) is 6.08 Å². The van der Waals surface area contributed by atoms with Gasteiger partial charge in [0, 0.05) is 12.7 Å². The summed E-state index contributed by atoms with van der Waals surface area (Å²) >= 11 is 1.28. The highest BCUT2D eigenvalue weighted by atomic mass is 32.2. The molecule has 0 bridgehead atoms. The standard InChI is InChI=1S/C11H12FNOS/c1-9(14)15-8-3-2-5-10-6-4-7-11(12)13-10/h2,4-7H,3,8H2,1H3. The number of nitrogens with zero attached hydrogens (tertiary/aromatic N) is 1. The molecule has 2 nitrogen and oxygen atoms in total. The Labute approximate surface area is 92.6 Å². The van der Waals surface area contributed by atoms with E-state index >= 15 is 0 Å². The van der Waals surface area contributed by atoms with Crippen LogP contribution >= 0.6 is 11.8 Å². The molecule has 0 aliphatic heterocycles. The highest BCUT2D eigenvalue weighted by Crippen LogP contribution is 2.05. The van der Waals surface area contributed by atoms with Crippen LogP contribution < -0.4 is 0 Å². The fourth-order valence-corrected chi connectivity index (χ4v) is 1.53. The number of hydrogen-bond donors (Lipinski definition) is 0. The number of aromatic nitrogens is 1. The summed E-state index contributed by atoms with van der Waals surface area (Å²) < 4.78 is 12.7. The number of carbonyl (C=O) groups excluding carboxylic acids is 1. The minimum atomic E-state index is -0.477. The van der Waals surface area contributed by atoms with E-state index in [4.69, 9.17) is 0 Å². The van der Waals surface area contributed by atoms with E-state index in [-0.39, 0.29) is 5.12 Å². The Hall–Kier alpha value is -1.16. The Balaban J connectivity index is 2.35. The Morgan fingerprint density at radius 3 is 3.07 bits per heavy atom. The number of thioether (sulfide) groups is 1. The van der Waals surface area contributed by atoms with Gasteiger partial charge in [-0.3, -0.25) is 4.79 Å². The molecule has 1 aromatic heterocycles. The molecule has 1 rings (SSSR count). The SMILES string of the molecule is CC(=O)SCCC=Cc1cccc(F)n1. The molecule has 0 saturated carbocycles. The highest BCUT2D eigenvalue weighted by molar-refractivity contribution is 8.13. The molecule has 0 unspecified atom stereocenters. The first-order chi connectivity index (χ1) is 7.18. The van der Waals surface area contributed by atoms with Crippen LogP contribution in [0.5, 0.6) is 0 Å². The van der Waals surface area contributed by atoms with Gasteiger partial charge in [-0.15, -0.1) is 0 Å². The normalized spacial score (nSPS) is 10.8. The Bertz CT molecular complexity index is 365. The zero-order valence-electron chi connectivity index (χ0n) is 8.44. The van der Waals surface area contributed by atoms with Gasteiger partial charge in [0.05, 0.1) is 5.69 Å². The monoisotopic (exact) mass is 225 g/mol. The molecule has 0 amide bonds. The van der Waals surface area contributed by atoms with Crippen molar-refractivity contribution in [2.75, 3.05) is 5.75 Å². The number of halogens is 1. The van der Waals surface area contributed by atoms with Crippen LogP contribution in [-0.4, -0.2) is 15.9 Å². The summed E-state index contributed by atoms with van der Waals surface area (Å²) in [5.74, 6) is 0.275. The van der Waals surface area contributed by atoms with Crippen molar-refractivity contribution in [1.29, 1.82) is 0 Å². The summed E-state index contributed by atoms with van der Waals surface area (Å²) in [6.07, 6.45) is 4.42. The molecule has 0 aliphatic rings. The number of allylic oxidation sites excluding steroid dienone is 1. The van der Waals surface area contributed by atoms with E-state index in [0.717, 1.165) is 12.2 Å². The first-order valence-electron chi connectivity index (χ1n) is 4.61.